The molecule has 1 aromatic rings. The molecule has 5 nitrogen and oxygen atoms in total. The number of benzene rings is 1. The predicted octanol–water partition coefficient (Wildman–Crippen LogP) is 2.12. The number of rotatable bonds is 2. The van der Waals surface area contributed by atoms with E-state index in [2.05, 4.69) is 47.9 Å². The quantitative estimate of drug-likeness (QED) is 0.807. The maximum absolute atomic E-state index is 12.2. The molecule has 1 aliphatic carbocycles. The van der Waals surface area contributed by atoms with Crippen molar-refractivity contribution in [3.8, 4) is 0 Å². The summed E-state index contributed by atoms with van der Waals surface area (Å²) < 4.78 is 23.2. The van der Waals surface area contributed by atoms with Gasteiger partial charge in [0, 0.05) is 49.4 Å². The van der Waals surface area contributed by atoms with E-state index >= 15 is 0 Å². The number of nitrogens with zero attached hydrogens (tertiary/aromatic N) is 2. The fourth-order valence-corrected chi connectivity index (χ4v) is 5.89. The van der Waals surface area contributed by atoms with Crippen LogP contribution in [0.5, 0.6) is 0 Å². The highest BCUT2D eigenvalue weighted by Gasteiger charge is 2.49. The molecule has 25 heavy (non-hydrogen) atoms. The number of fused-ring (bicyclic) bond motifs is 3. The Morgan fingerprint density at radius 3 is 2.24 bits per heavy atom. The smallest absolute Gasteiger partial charge is 0.153 e. The Morgan fingerprint density at radius 2 is 1.64 bits per heavy atom. The minimum absolute atomic E-state index is 0.159. The molecule has 0 N–H and O–H groups in total. The summed E-state index contributed by atoms with van der Waals surface area (Å²) in [6.07, 6.45) is 1.65. The third kappa shape index (κ3) is 3.05. The Labute approximate surface area is 149 Å². The zero-order valence-electron chi connectivity index (χ0n) is 14.9. The maximum atomic E-state index is 12.2. The molecule has 3 heterocycles. The standard InChI is InChI=1S/C19H26N2O3S/c1-19(2)12-14-13-21(18(19)11-17(14)22)16-5-3-15(4-6-16)20-7-9-25(23,24)10-8-20/h3-6,14,18H,7-13H2,1-2H3/t14-,18+/m0/s1. The Kier molecular flexibility index (Phi) is 3.87. The van der Waals surface area contributed by atoms with Gasteiger partial charge in [0.05, 0.1) is 11.5 Å². The van der Waals surface area contributed by atoms with Crippen molar-refractivity contribution in [2.24, 2.45) is 11.3 Å². The van der Waals surface area contributed by atoms with E-state index in [9.17, 15) is 13.2 Å². The minimum atomic E-state index is -2.85. The summed E-state index contributed by atoms with van der Waals surface area (Å²) in [4.78, 5) is 16.7. The number of sulfone groups is 1. The number of ketones is 1. The Bertz CT molecular complexity index is 771. The number of piperidine rings is 2. The highest BCUT2D eigenvalue weighted by atomic mass is 32.2. The lowest BCUT2D eigenvalue weighted by atomic mass is 9.64. The number of Topliss-reactive ketones (excluding diaryl/α,β-unsaturated/α-hetero) is 1. The Hall–Kier alpha value is -1.56. The summed E-state index contributed by atoms with van der Waals surface area (Å²) in [5, 5.41) is 0. The van der Waals surface area contributed by atoms with E-state index in [1.54, 1.807) is 0 Å². The zero-order chi connectivity index (χ0) is 17.8. The van der Waals surface area contributed by atoms with E-state index in [1.807, 2.05) is 0 Å². The molecule has 136 valence electrons. The molecule has 2 atom stereocenters. The van der Waals surface area contributed by atoms with Gasteiger partial charge in [-0.05, 0) is 36.1 Å². The van der Waals surface area contributed by atoms with Gasteiger partial charge in [0.15, 0.2) is 9.84 Å². The fourth-order valence-electron chi connectivity index (χ4n) is 4.69. The van der Waals surface area contributed by atoms with E-state index in [1.165, 1.54) is 5.69 Å². The van der Waals surface area contributed by atoms with Crippen LogP contribution in [-0.4, -0.2) is 51.4 Å². The summed E-state index contributed by atoms with van der Waals surface area (Å²) in [6.45, 7) is 6.50. The molecule has 3 saturated heterocycles. The number of carbonyl (C=O) groups excluding carboxylic acids is 1. The van der Waals surface area contributed by atoms with E-state index in [4.69, 9.17) is 0 Å². The maximum Gasteiger partial charge on any atom is 0.153 e. The number of hydrogen-bond donors (Lipinski definition) is 0. The van der Waals surface area contributed by atoms with E-state index in [0.29, 0.717) is 25.3 Å². The number of carbonyl (C=O) groups is 1. The van der Waals surface area contributed by atoms with Crippen molar-refractivity contribution in [1.29, 1.82) is 0 Å². The van der Waals surface area contributed by atoms with Crippen LogP contribution in [0.15, 0.2) is 24.3 Å². The van der Waals surface area contributed by atoms with Gasteiger partial charge in [-0.1, -0.05) is 13.8 Å². The van der Waals surface area contributed by atoms with Crippen molar-refractivity contribution in [3.05, 3.63) is 24.3 Å². The summed E-state index contributed by atoms with van der Waals surface area (Å²) >= 11 is 0. The molecule has 0 spiro atoms. The lowest BCUT2D eigenvalue weighted by molar-refractivity contribution is -0.130. The molecular weight excluding hydrogens is 336 g/mol. The normalized spacial score (nSPS) is 30.6. The van der Waals surface area contributed by atoms with E-state index < -0.39 is 9.84 Å². The molecule has 1 aromatic carbocycles. The van der Waals surface area contributed by atoms with Crippen molar-refractivity contribution >= 4 is 27.0 Å². The summed E-state index contributed by atoms with van der Waals surface area (Å²) in [5.74, 6) is 1.06. The first-order valence-electron chi connectivity index (χ1n) is 9.10. The molecule has 0 aromatic heterocycles. The molecule has 0 amide bonds. The fraction of sp³-hybridized carbons (Fsp3) is 0.632. The molecular formula is C19H26N2O3S. The van der Waals surface area contributed by atoms with Crippen LogP contribution < -0.4 is 9.80 Å². The van der Waals surface area contributed by atoms with Crippen LogP contribution >= 0.6 is 0 Å². The van der Waals surface area contributed by atoms with E-state index in [-0.39, 0.29) is 28.9 Å². The van der Waals surface area contributed by atoms with Gasteiger partial charge < -0.3 is 9.80 Å². The SMILES string of the molecule is CC1(C)C[C@H]2CN(c3ccc(N4CCS(=O)(=O)CC4)cc3)[C@@H]1CC2=O. The van der Waals surface area contributed by atoms with Crippen LogP contribution in [-0.2, 0) is 14.6 Å². The van der Waals surface area contributed by atoms with Gasteiger partial charge in [-0.15, -0.1) is 0 Å². The van der Waals surface area contributed by atoms with Crippen molar-refractivity contribution < 1.29 is 13.2 Å². The van der Waals surface area contributed by atoms with Crippen LogP contribution in [0.4, 0.5) is 11.4 Å². The first-order valence-corrected chi connectivity index (χ1v) is 10.9. The topological polar surface area (TPSA) is 57.7 Å². The van der Waals surface area contributed by atoms with Gasteiger partial charge in [-0.25, -0.2) is 8.42 Å². The average Bonchev–Trinajstić information content (AvgIpc) is 2.56. The molecule has 1 saturated carbocycles. The second-order valence-electron chi connectivity index (χ2n) is 8.38. The Morgan fingerprint density at radius 1 is 1.04 bits per heavy atom. The van der Waals surface area contributed by atoms with Crippen LogP contribution in [0.1, 0.15) is 26.7 Å². The summed E-state index contributed by atoms with van der Waals surface area (Å²) in [5.41, 5.74) is 2.41. The van der Waals surface area contributed by atoms with Gasteiger partial charge in [0.2, 0.25) is 0 Å². The highest BCUT2D eigenvalue weighted by Crippen LogP contribution is 2.46. The second kappa shape index (κ2) is 5.73. The lowest BCUT2D eigenvalue weighted by Gasteiger charge is -2.54. The predicted molar refractivity (Wildman–Crippen MR) is 100.0 cm³/mol. The van der Waals surface area contributed by atoms with Gasteiger partial charge in [0.25, 0.3) is 0 Å². The average molecular weight is 362 g/mol. The molecule has 0 radical (unpaired) electrons. The van der Waals surface area contributed by atoms with Crippen LogP contribution in [0.3, 0.4) is 0 Å². The van der Waals surface area contributed by atoms with Crippen LogP contribution in [0.2, 0.25) is 0 Å². The van der Waals surface area contributed by atoms with Crippen molar-refractivity contribution in [1.82, 2.24) is 0 Å². The largest absolute Gasteiger partial charge is 0.369 e. The monoisotopic (exact) mass is 362 g/mol. The first kappa shape index (κ1) is 16.9. The number of anilines is 2. The zero-order valence-corrected chi connectivity index (χ0v) is 15.8. The second-order valence-corrected chi connectivity index (χ2v) is 10.7. The van der Waals surface area contributed by atoms with Gasteiger partial charge in [-0.3, -0.25) is 4.79 Å². The van der Waals surface area contributed by atoms with Crippen molar-refractivity contribution in [2.75, 3.05) is 40.9 Å². The van der Waals surface area contributed by atoms with Gasteiger partial charge in [0.1, 0.15) is 5.78 Å². The van der Waals surface area contributed by atoms with Gasteiger partial charge in [-0.2, -0.15) is 0 Å². The van der Waals surface area contributed by atoms with Crippen molar-refractivity contribution in [2.45, 2.75) is 32.7 Å². The minimum Gasteiger partial charge on any atom is -0.369 e. The summed E-state index contributed by atoms with van der Waals surface area (Å²) in [6, 6.07) is 8.70. The van der Waals surface area contributed by atoms with Crippen LogP contribution in [0, 0.1) is 11.3 Å². The third-order valence-electron chi connectivity index (χ3n) is 6.21. The van der Waals surface area contributed by atoms with Crippen molar-refractivity contribution in [3.63, 3.8) is 0 Å². The van der Waals surface area contributed by atoms with Gasteiger partial charge >= 0.3 is 0 Å². The Balaban J connectivity index is 1.52. The third-order valence-corrected chi connectivity index (χ3v) is 7.82. The summed E-state index contributed by atoms with van der Waals surface area (Å²) in [7, 11) is -2.85. The highest BCUT2D eigenvalue weighted by molar-refractivity contribution is 7.91. The molecule has 2 bridgehead atoms. The molecule has 0 unspecified atom stereocenters. The van der Waals surface area contributed by atoms with E-state index in [0.717, 1.165) is 18.7 Å². The molecule has 3 aliphatic heterocycles. The first-order chi connectivity index (χ1) is 11.8. The molecule has 6 heteroatoms. The lowest BCUT2D eigenvalue weighted by Crippen LogP contribution is -2.60. The molecule has 5 rings (SSSR count). The molecule has 4 aliphatic rings. The molecule has 4 fully saturated rings. The number of hydrogen-bond acceptors (Lipinski definition) is 5. The van der Waals surface area contributed by atoms with Crippen LogP contribution in [0.25, 0.3) is 0 Å².